The van der Waals surface area contributed by atoms with Gasteiger partial charge in [0.05, 0.1) is 0 Å². The van der Waals surface area contributed by atoms with Crippen LogP contribution < -0.4 is 0 Å². The maximum absolute atomic E-state index is 4.70. The van der Waals surface area contributed by atoms with Gasteiger partial charge in [0, 0.05) is 44.5 Å². The summed E-state index contributed by atoms with van der Waals surface area (Å²) >= 11 is 0. The van der Waals surface area contributed by atoms with E-state index in [2.05, 4.69) is 31.8 Å². The second kappa shape index (κ2) is 4.92. The summed E-state index contributed by atoms with van der Waals surface area (Å²) in [5, 5.41) is 0. The van der Waals surface area contributed by atoms with Crippen molar-refractivity contribution in [1.82, 2.24) is 4.98 Å². The summed E-state index contributed by atoms with van der Waals surface area (Å²) < 4.78 is 0. The Hall–Kier alpha value is 0.0539. The van der Waals surface area contributed by atoms with Gasteiger partial charge in [-0.2, -0.15) is 0 Å². The minimum atomic E-state index is 0. The largest absolute Gasteiger partial charge is 0.458 e. The number of rotatable bonds is 2. The van der Waals surface area contributed by atoms with Crippen LogP contribution >= 0.6 is 0 Å². The Kier molecular flexibility index (Phi) is 4.31. The molecular formula is C12H17N2Y-. The van der Waals surface area contributed by atoms with Gasteiger partial charge in [0.25, 0.3) is 0 Å². The van der Waals surface area contributed by atoms with Crippen molar-refractivity contribution in [2.24, 2.45) is 10.4 Å². The summed E-state index contributed by atoms with van der Waals surface area (Å²) in [7, 11) is 0. The molecule has 2 heterocycles. The van der Waals surface area contributed by atoms with Crippen molar-refractivity contribution in [2.75, 3.05) is 0 Å². The molecule has 1 aromatic rings. The molecule has 1 aliphatic heterocycles. The number of aliphatic imine (C=N–C) groups is 1. The topological polar surface area (TPSA) is 28.1 Å². The summed E-state index contributed by atoms with van der Waals surface area (Å²) in [5.41, 5.74) is 2.84. The summed E-state index contributed by atoms with van der Waals surface area (Å²) in [6.07, 6.45) is 3.99. The Bertz CT molecular complexity index is 339. The van der Waals surface area contributed by atoms with Crippen LogP contribution in [-0.2, 0) is 39.1 Å². The van der Waals surface area contributed by atoms with Crippen molar-refractivity contribution in [2.45, 2.75) is 39.7 Å². The molecule has 0 saturated carbocycles. The minimum Gasteiger partial charge on any atom is -0.458 e. The molecule has 2 nitrogen and oxygen atoms in total. The van der Waals surface area contributed by atoms with Crippen LogP contribution in [0.3, 0.4) is 0 Å². The van der Waals surface area contributed by atoms with Crippen LogP contribution in [0, 0.1) is 11.5 Å². The van der Waals surface area contributed by atoms with Gasteiger partial charge in [0.15, 0.2) is 0 Å². The van der Waals surface area contributed by atoms with Gasteiger partial charge in [-0.05, 0) is 18.8 Å². The van der Waals surface area contributed by atoms with Crippen molar-refractivity contribution in [3.05, 3.63) is 24.0 Å². The van der Waals surface area contributed by atoms with E-state index < -0.39 is 0 Å². The predicted octanol–water partition coefficient (Wildman–Crippen LogP) is 2.61. The Morgan fingerprint density at radius 1 is 1.60 bits per heavy atom. The van der Waals surface area contributed by atoms with Gasteiger partial charge in [-0.1, -0.05) is 20.3 Å². The Labute approximate surface area is 117 Å². The van der Waals surface area contributed by atoms with Crippen LogP contribution in [0.5, 0.6) is 0 Å². The third-order valence-corrected chi connectivity index (χ3v) is 3.00. The molecule has 1 unspecified atom stereocenters. The monoisotopic (exact) mass is 278 g/mol. The number of nitrogens with zero attached hydrogens (tertiary/aromatic N) is 1. The number of nitrogens with one attached hydrogen (secondary N) is 1. The second-order valence-corrected chi connectivity index (χ2v) is 4.87. The van der Waals surface area contributed by atoms with Crippen LogP contribution in [0.15, 0.2) is 17.3 Å². The molecular weight excluding hydrogens is 261 g/mol. The zero-order chi connectivity index (χ0) is 10.2. The van der Waals surface area contributed by atoms with E-state index in [0.29, 0.717) is 11.5 Å². The standard InChI is InChI=1S/C12H17N2.Y/c1-9-8-12(2,3)11(14-9)7-10-5-4-6-13-10;/h5-6,11,13H,7-8H2,1-3H3;/q-1;. The van der Waals surface area contributed by atoms with E-state index in [0.717, 1.165) is 12.8 Å². The van der Waals surface area contributed by atoms with E-state index in [1.54, 1.807) is 0 Å². The Balaban J connectivity index is 0.00000112. The van der Waals surface area contributed by atoms with Crippen molar-refractivity contribution < 1.29 is 32.7 Å². The van der Waals surface area contributed by atoms with Crippen LogP contribution in [0.25, 0.3) is 0 Å². The molecule has 1 aliphatic rings. The third kappa shape index (κ3) is 3.01. The molecule has 1 N–H and O–H groups in total. The van der Waals surface area contributed by atoms with Gasteiger partial charge < -0.3 is 4.98 Å². The van der Waals surface area contributed by atoms with Gasteiger partial charge in [-0.25, -0.2) is 12.1 Å². The van der Waals surface area contributed by atoms with E-state index in [9.17, 15) is 0 Å². The fourth-order valence-corrected chi connectivity index (χ4v) is 2.23. The number of aromatic nitrogens is 1. The van der Waals surface area contributed by atoms with E-state index >= 15 is 0 Å². The molecule has 3 heteroatoms. The van der Waals surface area contributed by atoms with Gasteiger partial charge in [0.2, 0.25) is 0 Å². The fraction of sp³-hybridized carbons (Fsp3) is 0.583. The minimum absolute atomic E-state index is 0. The van der Waals surface area contributed by atoms with Crippen molar-refractivity contribution >= 4 is 5.71 Å². The summed E-state index contributed by atoms with van der Waals surface area (Å²) in [6, 6.07) is 5.48. The molecule has 0 amide bonds. The molecule has 1 radical (unpaired) electrons. The predicted molar refractivity (Wildman–Crippen MR) is 58.6 cm³/mol. The maximum Gasteiger partial charge on any atom is 0.0455 e. The summed E-state index contributed by atoms with van der Waals surface area (Å²) in [4.78, 5) is 7.89. The van der Waals surface area contributed by atoms with E-state index in [-0.39, 0.29) is 32.7 Å². The molecule has 0 fully saturated rings. The third-order valence-electron chi connectivity index (χ3n) is 3.00. The first-order chi connectivity index (χ1) is 6.58. The first-order valence-electron chi connectivity index (χ1n) is 5.14. The fourth-order valence-electron chi connectivity index (χ4n) is 2.23. The van der Waals surface area contributed by atoms with Gasteiger partial charge in [-0.15, -0.1) is 11.9 Å². The van der Waals surface area contributed by atoms with E-state index in [4.69, 9.17) is 4.99 Å². The molecule has 0 spiro atoms. The quantitative estimate of drug-likeness (QED) is 0.806. The molecule has 1 atom stereocenters. The average molecular weight is 278 g/mol. The van der Waals surface area contributed by atoms with Crippen LogP contribution in [0.2, 0.25) is 0 Å². The zero-order valence-corrected chi connectivity index (χ0v) is 12.5. The summed E-state index contributed by atoms with van der Waals surface area (Å²) in [6.45, 7) is 6.72. The maximum atomic E-state index is 4.70. The van der Waals surface area contributed by atoms with Crippen molar-refractivity contribution in [3.8, 4) is 0 Å². The van der Waals surface area contributed by atoms with Crippen LogP contribution in [0.1, 0.15) is 32.9 Å². The van der Waals surface area contributed by atoms with Crippen molar-refractivity contribution in [1.29, 1.82) is 0 Å². The molecule has 79 valence electrons. The number of aromatic amines is 1. The SMILES string of the molecule is CC1=NC(Cc2c[c-]c[nH]2)C(C)(C)C1.[Y]. The second-order valence-electron chi connectivity index (χ2n) is 4.87. The van der Waals surface area contributed by atoms with E-state index in [1.165, 1.54) is 11.4 Å². The molecule has 1 aromatic heterocycles. The van der Waals surface area contributed by atoms with Crippen LogP contribution in [0.4, 0.5) is 0 Å². The van der Waals surface area contributed by atoms with Crippen molar-refractivity contribution in [3.63, 3.8) is 0 Å². The molecule has 0 saturated heterocycles. The number of hydrogen-bond donors (Lipinski definition) is 1. The molecule has 0 aliphatic carbocycles. The van der Waals surface area contributed by atoms with Gasteiger partial charge in [0.1, 0.15) is 0 Å². The Morgan fingerprint density at radius 2 is 2.33 bits per heavy atom. The zero-order valence-electron chi connectivity index (χ0n) is 9.67. The molecule has 2 rings (SSSR count). The summed E-state index contributed by atoms with van der Waals surface area (Å²) in [5.74, 6) is 0. The number of H-pyrrole nitrogens is 1. The number of hydrogen-bond acceptors (Lipinski definition) is 1. The average Bonchev–Trinajstić information content (AvgIpc) is 2.61. The normalized spacial score (nSPS) is 23.4. The van der Waals surface area contributed by atoms with E-state index in [1.807, 2.05) is 12.3 Å². The van der Waals surface area contributed by atoms with Crippen LogP contribution in [-0.4, -0.2) is 16.7 Å². The first-order valence-corrected chi connectivity index (χ1v) is 5.14. The smallest absolute Gasteiger partial charge is 0.0455 e. The first kappa shape index (κ1) is 13.1. The van der Waals surface area contributed by atoms with Gasteiger partial charge in [-0.3, -0.25) is 4.99 Å². The molecule has 0 bridgehead atoms. The molecule has 15 heavy (non-hydrogen) atoms. The Morgan fingerprint density at radius 3 is 2.80 bits per heavy atom. The van der Waals surface area contributed by atoms with Gasteiger partial charge >= 0.3 is 0 Å². The molecule has 0 aromatic carbocycles.